The molecule has 55 heavy (non-hydrogen) atoms. The molecule has 3 rings (SSSR count). The lowest BCUT2D eigenvalue weighted by molar-refractivity contribution is 0.0627. The van der Waals surface area contributed by atoms with Crippen LogP contribution in [-0.2, 0) is 4.74 Å². The van der Waals surface area contributed by atoms with Gasteiger partial charge in [0.2, 0.25) is 0 Å². The monoisotopic (exact) mass is 753 g/mol. The van der Waals surface area contributed by atoms with Crippen LogP contribution in [0.2, 0.25) is 0 Å². The first-order valence-corrected chi connectivity index (χ1v) is 23.2. The Labute approximate surface area is 338 Å². The van der Waals surface area contributed by atoms with Gasteiger partial charge in [0.05, 0.1) is 11.7 Å². The molecule has 3 heteroatoms. The molecule has 3 aromatic rings. The van der Waals surface area contributed by atoms with Crippen LogP contribution < -0.4 is 4.74 Å². The molecule has 0 heterocycles. The van der Waals surface area contributed by atoms with Crippen molar-refractivity contribution in [2.75, 3.05) is 6.61 Å². The third kappa shape index (κ3) is 19.7. The van der Waals surface area contributed by atoms with Crippen LogP contribution in [0.15, 0.2) is 72.8 Å². The molecule has 0 radical (unpaired) electrons. The van der Waals surface area contributed by atoms with Crippen LogP contribution >= 0.6 is 0 Å². The highest BCUT2D eigenvalue weighted by Crippen LogP contribution is 2.35. The summed E-state index contributed by atoms with van der Waals surface area (Å²) in [7, 11) is 0. The van der Waals surface area contributed by atoms with E-state index < -0.39 is 0 Å². The van der Waals surface area contributed by atoms with E-state index in [1.165, 1.54) is 152 Å². The molecule has 0 aliphatic carbocycles. The summed E-state index contributed by atoms with van der Waals surface area (Å²) in [5.74, 6) is 0.834. The molecule has 0 fully saturated rings. The van der Waals surface area contributed by atoms with Gasteiger partial charge in [0.15, 0.2) is 0 Å². The molecule has 0 aromatic heterocycles. The van der Waals surface area contributed by atoms with E-state index in [0.29, 0.717) is 17.2 Å². The molecule has 3 nitrogen and oxygen atoms in total. The molecular weight excluding hydrogens is 673 g/mol. The lowest BCUT2D eigenvalue weighted by Crippen LogP contribution is -2.11. The van der Waals surface area contributed by atoms with Crippen LogP contribution in [0.25, 0.3) is 11.1 Å². The van der Waals surface area contributed by atoms with Crippen LogP contribution in [0.4, 0.5) is 0 Å². The maximum absolute atomic E-state index is 13.4. The highest BCUT2D eigenvalue weighted by molar-refractivity contribution is 5.91. The van der Waals surface area contributed by atoms with Gasteiger partial charge in [-0.3, -0.25) is 0 Å². The summed E-state index contributed by atoms with van der Waals surface area (Å²) in [5, 5.41) is 0. The van der Waals surface area contributed by atoms with Crippen molar-refractivity contribution in [3.63, 3.8) is 0 Å². The summed E-state index contributed by atoms with van der Waals surface area (Å²) in [5.41, 5.74) is 5.17. The van der Waals surface area contributed by atoms with Crippen LogP contribution in [0, 0.1) is 0 Å². The zero-order chi connectivity index (χ0) is 39.2. The van der Waals surface area contributed by atoms with Crippen molar-refractivity contribution < 1.29 is 14.3 Å². The Balaban J connectivity index is 1.36. The van der Waals surface area contributed by atoms with Crippen molar-refractivity contribution in [1.82, 2.24) is 0 Å². The zero-order valence-corrected chi connectivity index (χ0v) is 35.9. The highest BCUT2D eigenvalue weighted by Gasteiger charge is 2.18. The molecule has 0 saturated heterocycles. The van der Waals surface area contributed by atoms with Crippen LogP contribution in [0.1, 0.15) is 228 Å². The molecule has 0 saturated carbocycles. The molecule has 0 aliphatic rings. The second kappa shape index (κ2) is 30.3. The summed E-state index contributed by atoms with van der Waals surface area (Å²) in [4.78, 5) is 13.4. The maximum atomic E-state index is 13.4. The fraction of sp³-hybridized carbons (Fsp3) is 0.635. The molecule has 3 aromatic carbocycles. The van der Waals surface area contributed by atoms with Crippen molar-refractivity contribution in [2.24, 2.45) is 0 Å². The Morgan fingerprint density at radius 3 is 1.45 bits per heavy atom. The molecular formula is C52H80O3. The first-order chi connectivity index (χ1) is 27.1. The lowest BCUT2D eigenvalue weighted by atomic mass is 9.88. The second-order valence-electron chi connectivity index (χ2n) is 16.3. The number of carbonyl (C=O) groups is 1. The van der Waals surface area contributed by atoms with Crippen molar-refractivity contribution >= 4 is 5.97 Å². The predicted molar refractivity (Wildman–Crippen MR) is 237 cm³/mol. The van der Waals surface area contributed by atoms with Crippen molar-refractivity contribution in [3.05, 3.63) is 89.5 Å². The number of benzene rings is 3. The number of ether oxygens (including phenoxy) is 2. The fourth-order valence-electron chi connectivity index (χ4n) is 7.97. The van der Waals surface area contributed by atoms with Gasteiger partial charge < -0.3 is 9.47 Å². The quantitative estimate of drug-likeness (QED) is 0.0353. The largest absolute Gasteiger partial charge is 0.423 e. The van der Waals surface area contributed by atoms with Gasteiger partial charge in [-0.25, -0.2) is 4.79 Å². The standard InChI is InChI=1S/C52H80O3/c1-5-8-10-12-14-16-17-18-19-20-22-24-26-30-43-54-44(4)45-35-37-46(38-36-45)47-39-41-49(42-40-47)52(53)55-51-34-29-28-33-50(51)48(31-7-3)32-27-25-23-21-15-13-11-9-6-2/h28-29,33-42,44,48H,5-27,30-32,43H2,1-4H3. The Bertz CT molecular complexity index is 1360. The molecule has 0 amide bonds. The van der Waals surface area contributed by atoms with E-state index in [9.17, 15) is 4.79 Å². The van der Waals surface area contributed by atoms with E-state index in [0.717, 1.165) is 43.4 Å². The van der Waals surface area contributed by atoms with Gasteiger partial charge in [0, 0.05) is 6.61 Å². The zero-order valence-electron chi connectivity index (χ0n) is 35.9. The average Bonchev–Trinajstić information content (AvgIpc) is 3.21. The normalized spacial score (nSPS) is 12.5. The Morgan fingerprint density at radius 2 is 0.945 bits per heavy atom. The summed E-state index contributed by atoms with van der Waals surface area (Å²) in [6.45, 7) is 9.80. The molecule has 2 atom stereocenters. The minimum Gasteiger partial charge on any atom is -0.423 e. The van der Waals surface area contributed by atoms with E-state index >= 15 is 0 Å². The molecule has 0 bridgehead atoms. The fourth-order valence-corrected chi connectivity index (χ4v) is 7.97. The first kappa shape index (κ1) is 46.5. The van der Waals surface area contributed by atoms with E-state index in [2.05, 4.69) is 64.1 Å². The molecule has 0 aliphatic heterocycles. The van der Waals surface area contributed by atoms with E-state index in [4.69, 9.17) is 9.47 Å². The smallest absolute Gasteiger partial charge is 0.343 e. The van der Waals surface area contributed by atoms with Gasteiger partial charge in [-0.15, -0.1) is 0 Å². The van der Waals surface area contributed by atoms with Crippen LogP contribution in [0.3, 0.4) is 0 Å². The summed E-state index contributed by atoms with van der Waals surface area (Å²) in [6.07, 6.45) is 34.7. The minimum atomic E-state index is -0.294. The molecule has 2 unspecified atom stereocenters. The van der Waals surface area contributed by atoms with Gasteiger partial charge in [0.25, 0.3) is 0 Å². The molecule has 306 valence electrons. The second-order valence-corrected chi connectivity index (χ2v) is 16.3. The number of para-hydroxylation sites is 1. The number of rotatable bonds is 33. The van der Waals surface area contributed by atoms with Crippen molar-refractivity contribution in [2.45, 2.75) is 207 Å². The third-order valence-electron chi connectivity index (χ3n) is 11.6. The lowest BCUT2D eigenvalue weighted by Gasteiger charge is -2.20. The van der Waals surface area contributed by atoms with Crippen LogP contribution in [-0.4, -0.2) is 12.6 Å². The Morgan fingerprint density at radius 1 is 0.491 bits per heavy atom. The van der Waals surface area contributed by atoms with E-state index in [1.807, 2.05) is 36.4 Å². The molecule has 0 spiro atoms. The average molecular weight is 753 g/mol. The highest BCUT2D eigenvalue weighted by atomic mass is 16.5. The number of esters is 1. The number of hydrogen-bond acceptors (Lipinski definition) is 3. The van der Waals surface area contributed by atoms with Crippen molar-refractivity contribution in [3.8, 4) is 16.9 Å². The van der Waals surface area contributed by atoms with Gasteiger partial charge in [-0.2, -0.15) is 0 Å². The topological polar surface area (TPSA) is 35.5 Å². The van der Waals surface area contributed by atoms with Gasteiger partial charge in [-0.05, 0) is 72.6 Å². The first-order valence-electron chi connectivity index (χ1n) is 23.2. The van der Waals surface area contributed by atoms with Gasteiger partial charge >= 0.3 is 5.97 Å². The van der Waals surface area contributed by atoms with Crippen LogP contribution in [0.5, 0.6) is 5.75 Å². The minimum absolute atomic E-state index is 0.0816. The molecule has 0 N–H and O–H groups in total. The SMILES string of the molecule is CCCCCCCCCCCCCCCCOC(C)c1ccc(-c2ccc(C(=O)Oc3ccccc3C(CCC)CCCCCCCCCCC)cc2)cc1. The summed E-state index contributed by atoms with van der Waals surface area (Å²) in [6, 6.07) is 24.7. The van der Waals surface area contributed by atoms with E-state index in [-0.39, 0.29) is 12.1 Å². The third-order valence-corrected chi connectivity index (χ3v) is 11.6. The number of hydrogen-bond donors (Lipinski definition) is 0. The Hall–Kier alpha value is -2.91. The number of unbranched alkanes of at least 4 members (excludes halogenated alkanes) is 21. The van der Waals surface area contributed by atoms with E-state index in [1.54, 1.807) is 0 Å². The van der Waals surface area contributed by atoms with Crippen molar-refractivity contribution in [1.29, 1.82) is 0 Å². The number of carbonyl (C=O) groups excluding carboxylic acids is 1. The maximum Gasteiger partial charge on any atom is 0.343 e. The Kier molecular flexibility index (Phi) is 25.6. The van der Waals surface area contributed by atoms with Gasteiger partial charge in [0.1, 0.15) is 5.75 Å². The summed E-state index contributed by atoms with van der Waals surface area (Å²) >= 11 is 0. The van der Waals surface area contributed by atoms with Gasteiger partial charge in [-0.1, -0.05) is 223 Å². The predicted octanol–water partition coefficient (Wildman–Crippen LogP) is 16.9. The summed E-state index contributed by atoms with van der Waals surface area (Å²) < 4.78 is 12.3.